The van der Waals surface area contributed by atoms with Crippen LogP contribution in [0.4, 0.5) is 10.1 Å². The summed E-state index contributed by atoms with van der Waals surface area (Å²) in [7, 11) is 0. The van der Waals surface area contributed by atoms with E-state index < -0.39 is 0 Å². The van der Waals surface area contributed by atoms with E-state index in [4.69, 9.17) is 11.6 Å². The zero-order valence-electron chi connectivity index (χ0n) is 13.7. The van der Waals surface area contributed by atoms with Gasteiger partial charge in [0.05, 0.1) is 16.4 Å². The highest BCUT2D eigenvalue weighted by molar-refractivity contribution is 7.98. The van der Waals surface area contributed by atoms with Crippen LogP contribution in [0.5, 0.6) is 0 Å². The molecule has 1 N–H and O–H groups in total. The first-order valence-corrected chi connectivity index (χ1v) is 10.4. The minimum atomic E-state index is -0.254. The quantitative estimate of drug-likeness (QED) is 0.499. The molecular formula is C19H16ClFN2OS2. The Morgan fingerprint density at radius 3 is 2.73 bits per heavy atom. The van der Waals surface area contributed by atoms with Gasteiger partial charge in [-0.2, -0.15) is 11.8 Å². The van der Waals surface area contributed by atoms with Crippen molar-refractivity contribution in [3.8, 4) is 10.6 Å². The summed E-state index contributed by atoms with van der Waals surface area (Å²) in [4.78, 5) is 16.5. The van der Waals surface area contributed by atoms with E-state index in [1.807, 2.05) is 17.5 Å². The number of para-hydroxylation sites is 1. The number of halogens is 2. The third-order valence-corrected chi connectivity index (χ3v) is 5.78. The molecule has 2 aromatic carbocycles. The molecule has 0 fully saturated rings. The largest absolute Gasteiger partial charge is 0.325 e. The number of nitrogens with one attached hydrogen (secondary N) is 1. The third-order valence-electron chi connectivity index (χ3n) is 3.51. The molecule has 0 atom stereocenters. The van der Waals surface area contributed by atoms with Crippen LogP contribution >= 0.6 is 34.7 Å². The molecule has 3 aromatic rings. The molecule has 0 unspecified atom stereocenters. The predicted molar refractivity (Wildman–Crippen MR) is 108 cm³/mol. The molecule has 0 saturated carbocycles. The number of aromatic nitrogens is 1. The highest BCUT2D eigenvalue weighted by Gasteiger charge is 2.07. The molecule has 0 radical (unpaired) electrons. The van der Waals surface area contributed by atoms with E-state index >= 15 is 0 Å². The smallest absolute Gasteiger partial charge is 0.225 e. The zero-order chi connectivity index (χ0) is 18.4. The number of benzene rings is 2. The number of thiazole rings is 1. The van der Waals surface area contributed by atoms with E-state index in [9.17, 15) is 9.18 Å². The van der Waals surface area contributed by atoms with Gasteiger partial charge in [0.1, 0.15) is 10.8 Å². The van der Waals surface area contributed by atoms with Crippen LogP contribution in [0.3, 0.4) is 0 Å². The summed E-state index contributed by atoms with van der Waals surface area (Å²) in [5.41, 5.74) is 2.50. The van der Waals surface area contributed by atoms with Crippen LogP contribution in [0.15, 0.2) is 53.9 Å². The molecule has 1 amide bonds. The first-order valence-electron chi connectivity index (χ1n) is 7.94. The van der Waals surface area contributed by atoms with Crippen LogP contribution in [0.25, 0.3) is 10.6 Å². The molecule has 0 aliphatic rings. The van der Waals surface area contributed by atoms with Gasteiger partial charge in [0.15, 0.2) is 0 Å². The van der Waals surface area contributed by atoms with Gasteiger partial charge in [0, 0.05) is 28.9 Å². The molecule has 0 aliphatic heterocycles. The maximum absolute atomic E-state index is 13.0. The number of hydrogen-bond donors (Lipinski definition) is 1. The standard InChI is InChI=1S/C19H16ClFN2OS2/c20-16-3-1-2-4-17(16)23-18(24)9-10-25-11-15-12-26-19(22-15)13-5-7-14(21)8-6-13/h1-8,12H,9-11H2,(H,23,24). The third kappa shape index (κ3) is 5.30. The van der Waals surface area contributed by atoms with E-state index in [2.05, 4.69) is 10.3 Å². The normalized spacial score (nSPS) is 10.7. The zero-order valence-corrected chi connectivity index (χ0v) is 16.1. The van der Waals surface area contributed by atoms with Crippen molar-refractivity contribution in [2.45, 2.75) is 12.2 Å². The Balaban J connectivity index is 1.43. The summed E-state index contributed by atoms with van der Waals surface area (Å²) in [5.74, 6) is 1.11. The van der Waals surface area contributed by atoms with Crippen LogP contribution in [-0.4, -0.2) is 16.6 Å². The van der Waals surface area contributed by atoms with Gasteiger partial charge in [-0.3, -0.25) is 4.79 Å². The van der Waals surface area contributed by atoms with Gasteiger partial charge >= 0.3 is 0 Å². The number of carbonyl (C=O) groups is 1. The second-order valence-electron chi connectivity index (χ2n) is 5.48. The van der Waals surface area contributed by atoms with Crippen LogP contribution in [0.1, 0.15) is 12.1 Å². The van der Waals surface area contributed by atoms with Crippen molar-refractivity contribution in [2.24, 2.45) is 0 Å². The van der Waals surface area contributed by atoms with Gasteiger partial charge in [-0.05, 0) is 36.4 Å². The Labute approximate surface area is 164 Å². The number of hydrogen-bond acceptors (Lipinski definition) is 4. The fourth-order valence-corrected chi connectivity index (χ4v) is 4.16. The van der Waals surface area contributed by atoms with Crippen molar-refractivity contribution in [2.75, 3.05) is 11.1 Å². The highest BCUT2D eigenvalue weighted by atomic mass is 35.5. The minimum Gasteiger partial charge on any atom is -0.325 e. The Morgan fingerprint density at radius 1 is 1.19 bits per heavy atom. The fourth-order valence-electron chi connectivity index (χ4n) is 2.22. The molecule has 0 spiro atoms. The second-order valence-corrected chi connectivity index (χ2v) is 7.85. The van der Waals surface area contributed by atoms with Gasteiger partial charge in [-0.1, -0.05) is 23.7 Å². The average Bonchev–Trinajstić information content (AvgIpc) is 3.10. The van der Waals surface area contributed by atoms with Crippen LogP contribution in [0.2, 0.25) is 5.02 Å². The summed E-state index contributed by atoms with van der Waals surface area (Å²) < 4.78 is 13.0. The Hall–Kier alpha value is -1.89. The highest BCUT2D eigenvalue weighted by Crippen LogP contribution is 2.26. The number of thioether (sulfide) groups is 1. The van der Waals surface area contributed by atoms with Gasteiger partial charge < -0.3 is 5.32 Å². The Kier molecular flexibility index (Phi) is 6.66. The Morgan fingerprint density at radius 2 is 1.96 bits per heavy atom. The summed E-state index contributed by atoms with van der Waals surface area (Å²) >= 11 is 9.21. The molecular weight excluding hydrogens is 391 g/mol. The molecule has 7 heteroatoms. The van der Waals surface area contributed by atoms with Crippen LogP contribution in [0, 0.1) is 5.82 Å². The molecule has 0 saturated heterocycles. The van der Waals surface area contributed by atoms with Crippen LogP contribution < -0.4 is 5.32 Å². The maximum Gasteiger partial charge on any atom is 0.225 e. The monoisotopic (exact) mass is 406 g/mol. The lowest BCUT2D eigenvalue weighted by atomic mass is 10.2. The van der Waals surface area contributed by atoms with Crippen LogP contribution in [-0.2, 0) is 10.5 Å². The van der Waals surface area contributed by atoms with Crippen molar-refractivity contribution in [3.05, 3.63) is 70.4 Å². The molecule has 1 heterocycles. The number of amides is 1. The number of nitrogens with zero attached hydrogens (tertiary/aromatic N) is 1. The van der Waals surface area contributed by atoms with Gasteiger partial charge in [-0.25, -0.2) is 9.37 Å². The van der Waals surface area contributed by atoms with E-state index in [0.29, 0.717) is 22.9 Å². The van der Waals surface area contributed by atoms with Crippen molar-refractivity contribution >= 4 is 46.3 Å². The lowest BCUT2D eigenvalue weighted by Crippen LogP contribution is -2.12. The number of anilines is 1. The van der Waals surface area contributed by atoms with E-state index in [1.54, 1.807) is 36.0 Å². The van der Waals surface area contributed by atoms with E-state index in [0.717, 1.165) is 22.0 Å². The molecule has 134 valence electrons. The molecule has 26 heavy (non-hydrogen) atoms. The maximum atomic E-state index is 13.0. The molecule has 0 aliphatic carbocycles. The molecule has 1 aromatic heterocycles. The van der Waals surface area contributed by atoms with Crippen molar-refractivity contribution < 1.29 is 9.18 Å². The van der Waals surface area contributed by atoms with E-state index in [1.165, 1.54) is 23.5 Å². The van der Waals surface area contributed by atoms with Gasteiger partial charge in [-0.15, -0.1) is 11.3 Å². The first kappa shape index (κ1) is 18.9. The van der Waals surface area contributed by atoms with Crippen molar-refractivity contribution in [3.63, 3.8) is 0 Å². The summed E-state index contributed by atoms with van der Waals surface area (Å²) in [6, 6.07) is 13.5. The first-order chi connectivity index (χ1) is 12.6. The summed E-state index contributed by atoms with van der Waals surface area (Å²) in [6.45, 7) is 0. The number of carbonyl (C=O) groups excluding carboxylic acids is 1. The molecule has 3 rings (SSSR count). The lowest BCUT2D eigenvalue weighted by Gasteiger charge is -2.06. The summed E-state index contributed by atoms with van der Waals surface area (Å²) in [5, 5.41) is 6.21. The van der Waals surface area contributed by atoms with E-state index in [-0.39, 0.29) is 11.7 Å². The average molecular weight is 407 g/mol. The molecule has 3 nitrogen and oxygen atoms in total. The van der Waals surface area contributed by atoms with Gasteiger partial charge in [0.2, 0.25) is 5.91 Å². The fraction of sp³-hybridized carbons (Fsp3) is 0.158. The topological polar surface area (TPSA) is 42.0 Å². The number of rotatable bonds is 7. The SMILES string of the molecule is O=C(CCSCc1csc(-c2ccc(F)cc2)n1)Nc1ccccc1Cl. The van der Waals surface area contributed by atoms with Gasteiger partial charge in [0.25, 0.3) is 0 Å². The summed E-state index contributed by atoms with van der Waals surface area (Å²) in [6.07, 6.45) is 0.408. The Bertz CT molecular complexity index is 883. The molecule has 0 bridgehead atoms. The van der Waals surface area contributed by atoms with Crippen molar-refractivity contribution in [1.82, 2.24) is 4.98 Å². The van der Waals surface area contributed by atoms with Crippen molar-refractivity contribution in [1.29, 1.82) is 0 Å². The lowest BCUT2D eigenvalue weighted by molar-refractivity contribution is -0.115. The second kappa shape index (κ2) is 9.16. The predicted octanol–water partition coefficient (Wildman–Crippen LogP) is 5.86. The minimum absolute atomic E-state index is 0.0594.